The Hall–Kier alpha value is -1.51. The van der Waals surface area contributed by atoms with Crippen molar-refractivity contribution in [2.45, 2.75) is 50.0 Å². The lowest BCUT2D eigenvalue weighted by Crippen LogP contribution is -2.40. The van der Waals surface area contributed by atoms with Crippen LogP contribution in [0.15, 0.2) is 23.1 Å². The largest absolute Gasteiger partial charge is 0.480 e. The van der Waals surface area contributed by atoms with E-state index >= 15 is 0 Å². The number of thiazole rings is 1. The molecular formula is C16H20N2O4S2. The second-order valence-electron chi connectivity index (χ2n) is 7.01. The first-order chi connectivity index (χ1) is 11.1. The Labute approximate surface area is 145 Å². The van der Waals surface area contributed by atoms with Gasteiger partial charge >= 0.3 is 5.97 Å². The zero-order valence-corrected chi connectivity index (χ0v) is 15.4. The standard InChI is InChI=1S/C16H20N2O4S2/c1-16(2,3)15-17-11-7-6-10(9-13(11)23-15)24(21,22)18-8-4-5-12(18)14(19)20/h6-7,9,12H,4-5,8H2,1-3H3,(H,19,20)/t12-/m0/s1. The number of carboxylic acid groups (broad SMARTS) is 1. The van der Waals surface area contributed by atoms with Crippen molar-refractivity contribution < 1.29 is 18.3 Å². The average Bonchev–Trinajstić information content (AvgIpc) is 3.12. The zero-order valence-electron chi connectivity index (χ0n) is 13.8. The third kappa shape index (κ3) is 2.94. The maximum atomic E-state index is 12.8. The summed E-state index contributed by atoms with van der Waals surface area (Å²) in [5, 5.41) is 10.2. The first-order valence-electron chi connectivity index (χ1n) is 7.76. The summed E-state index contributed by atoms with van der Waals surface area (Å²) in [4.78, 5) is 16.0. The fraction of sp³-hybridized carbons (Fsp3) is 0.500. The molecule has 1 fully saturated rings. The number of hydrogen-bond acceptors (Lipinski definition) is 5. The van der Waals surface area contributed by atoms with Crippen molar-refractivity contribution in [2.24, 2.45) is 0 Å². The van der Waals surface area contributed by atoms with Gasteiger partial charge in [-0.1, -0.05) is 20.8 Å². The summed E-state index contributed by atoms with van der Waals surface area (Å²) in [5.74, 6) is -1.09. The van der Waals surface area contributed by atoms with Gasteiger partial charge < -0.3 is 5.11 Å². The number of aliphatic carboxylic acids is 1. The van der Waals surface area contributed by atoms with E-state index in [4.69, 9.17) is 0 Å². The van der Waals surface area contributed by atoms with Crippen LogP contribution in [-0.2, 0) is 20.2 Å². The molecule has 2 heterocycles. The van der Waals surface area contributed by atoms with Crippen LogP contribution in [0.3, 0.4) is 0 Å². The molecule has 0 aliphatic carbocycles. The maximum Gasteiger partial charge on any atom is 0.322 e. The topological polar surface area (TPSA) is 87.6 Å². The summed E-state index contributed by atoms with van der Waals surface area (Å²) in [7, 11) is -3.82. The van der Waals surface area contributed by atoms with E-state index in [0.29, 0.717) is 12.8 Å². The van der Waals surface area contributed by atoms with Crippen LogP contribution in [0.4, 0.5) is 0 Å². The number of carbonyl (C=O) groups is 1. The minimum Gasteiger partial charge on any atom is -0.480 e. The Morgan fingerprint density at radius 3 is 2.71 bits per heavy atom. The Morgan fingerprint density at radius 2 is 2.08 bits per heavy atom. The highest BCUT2D eigenvalue weighted by Crippen LogP contribution is 2.34. The quantitative estimate of drug-likeness (QED) is 0.900. The summed E-state index contributed by atoms with van der Waals surface area (Å²) in [6.45, 7) is 6.42. The summed E-state index contributed by atoms with van der Waals surface area (Å²) in [6.07, 6.45) is 0.915. The number of aromatic nitrogens is 1. The molecule has 1 aliphatic rings. The molecule has 0 amide bonds. The van der Waals surface area contributed by atoms with Crippen LogP contribution in [-0.4, -0.2) is 41.4 Å². The van der Waals surface area contributed by atoms with Gasteiger partial charge in [-0.3, -0.25) is 4.79 Å². The number of benzene rings is 1. The predicted octanol–water partition coefficient (Wildman–Crippen LogP) is 2.83. The van der Waals surface area contributed by atoms with Crippen molar-refractivity contribution in [1.82, 2.24) is 9.29 Å². The predicted molar refractivity (Wildman–Crippen MR) is 92.9 cm³/mol. The van der Waals surface area contributed by atoms with Crippen LogP contribution in [0.5, 0.6) is 0 Å². The molecule has 2 aromatic rings. The minimum absolute atomic E-state index is 0.105. The molecule has 1 N–H and O–H groups in total. The van der Waals surface area contributed by atoms with Gasteiger partial charge in [0.2, 0.25) is 10.0 Å². The zero-order chi connectivity index (χ0) is 17.7. The van der Waals surface area contributed by atoms with Gasteiger partial charge in [0.1, 0.15) is 6.04 Å². The maximum absolute atomic E-state index is 12.8. The van der Waals surface area contributed by atoms with E-state index in [1.54, 1.807) is 12.1 Å². The molecule has 1 atom stereocenters. The highest BCUT2D eigenvalue weighted by atomic mass is 32.2. The second kappa shape index (κ2) is 5.79. The van der Waals surface area contributed by atoms with Gasteiger partial charge in [-0.15, -0.1) is 11.3 Å². The van der Waals surface area contributed by atoms with Gasteiger partial charge in [-0.05, 0) is 31.0 Å². The lowest BCUT2D eigenvalue weighted by atomic mass is 9.98. The third-order valence-electron chi connectivity index (χ3n) is 4.10. The van der Waals surface area contributed by atoms with Gasteiger partial charge in [0, 0.05) is 12.0 Å². The molecular weight excluding hydrogens is 348 g/mol. The van der Waals surface area contributed by atoms with E-state index in [1.165, 1.54) is 17.4 Å². The molecule has 0 unspecified atom stereocenters. The lowest BCUT2D eigenvalue weighted by molar-refractivity contribution is -0.140. The van der Waals surface area contributed by atoms with Gasteiger partial charge in [0.15, 0.2) is 0 Å². The van der Waals surface area contributed by atoms with Gasteiger partial charge in [0.05, 0.1) is 20.1 Å². The van der Waals surface area contributed by atoms with Crippen LogP contribution in [0, 0.1) is 0 Å². The van der Waals surface area contributed by atoms with Gasteiger partial charge in [-0.2, -0.15) is 4.31 Å². The summed E-state index contributed by atoms with van der Waals surface area (Å²) >= 11 is 1.47. The molecule has 1 aromatic carbocycles. The first-order valence-corrected chi connectivity index (χ1v) is 10.0. The van der Waals surface area contributed by atoms with Gasteiger partial charge in [-0.25, -0.2) is 13.4 Å². The molecule has 0 saturated carbocycles. The number of nitrogens with zero attached hydrogens (tertiary/aromatic N) is 2. The first kappa shape index (κ1) is 17.3. The Balaban J connectivity index is 2.03. The fourth-order valence-electron chi connectivity index (χ4n) is 2.80. The van der Waals surface area contributed by atoms with E-state index in [9.17, 15) is 18.3 Å². The highest BCUT2D eigenvalue weighted by molar-refractivity contribution is 7.89. The summed E-state index contributed by atoms with van der Waals surface area (Å²) < 4.78 is 27.6. The Morgan fingerprint density at radius 1 is 1.38 bits per heavy atom. The summed E-state index contributed by atoms with van der Waals surface area (Å²) in [6, 6.07) is 3.84. The number of fused-ring (bicyclic) bond motifs is 1. The lowest BCUT2D eigenvalue weighted by Gasteiger charge is -2.20. The summed E-state index contributed by atoms with van der Waals surface area (Å²) in [5.41, 5.74) is 0.659. The average molecular weight is 368 g/mol. The Kier molecular flexibility index (Phi) is 4.17. The monoisotopic (exact) mass is 368 g/mol. The van der Waals surface area contributed by atoms with Crippen molar-refractivity contribution >= 4 is 37.5 Å². The molecule has 6 nitrogen and oxygen atoms in total. The van der Waals surface area contributed by atoms with E-state index in [1.807, 2.05) is 0 Å². The highest BCUT2D eigenvalue weighted by Gasteiger charge is 2.39. The van der Waals surface area contributed by atoms with Crippen LogP contribution in [0.25, 0.3) is 10.2 Å². The third-order valence-corrected chi connectivity index (χ3v) is 7.44. The van der Waals surface area contributed by atoms with Crippen molar-refractivity contribution in [3.63, 3.8) is 0 Å². The molecule has 3 rings (SSSR count). The number of hydrogen-bond donors (Lipinski definition) is 1. The number of carboxylic acids is 1. The SMILES string of the molecule is CC(C)(C)c1nc2ccc(S(=O)(=O)N3CCC[C@H]3C(=O)O)cc2s1. The van der Waals surface area contributed by atoms with E-state index in [0.717, 1.165) is 19.5 Å². The van der Waals surface area contributed by atoms with Crippen molar-refractivity contribution in [2.75, 3.05) is 6.54 Å². The fourth-order valence-corrected chi connectivity index (χ4v) is 5.61. The van der Waals surface area contributed by atoms with Crippen LogP contribution in [0.2, 0.25) is 0 Å². The minimum atomic E-state index is -3.82. The van der Waals surface area contributed by atoms with E-state index in [-0.39, 0.29) is 16.9 Å². The molecule has 0 radical (unpaired) electrons. The molecule has 1 aliphatic heterocycles. The van der Waals surface area contributed by atoms with Crippen molar-refractivity contribution in [3.8, 4) is 0 Å². The number of rotatable bonds is 3. The van der Waals surface area contributed by atoms with E-state index in [2.05, 4.69) is 25.8 Å². The second-order valence-corrected chi connectivity index (χ2v) is 9.93. The molecule has 8 heteroatoms. The van der Waals surface area contributed by atoms with Crippen molar-refractivity contribution in [1.29, 1.82) is 0 Å². The normalized spacial score (nSPS) is 19.9. The number of sulfonamides is 1. The molecule has 130 valence electrons. The Bertz CT molecular complexity index is 896. The van der Waals surface area contributed by atoms with Crippen LogP contribution >= 0.6 is 11.3 Å². The van der Waals surface area contributed by atoms with Crippen LogP contribution in [0.1, 0.15) is 38.6 Å². The van der Waals surface area contributed by atoms with Crippen LogP contribution < -0.4 is 0 Å². The molecule has 1 saturated heterocycles. The smallest absolute Gasteiger partial charge is 0.322 e. The van der Waals surface area contributed by atoms with Crippen molar-refractivity contribution in [3.05, 3.63) is 23.2 Å². The molecule has 0 bridgehead atoms. The molecule has 0 spiro atoms. The van der Waals surface area contributed by atoms with Gasteiger partial charge in [0.25, 0.3) is 0 Å². The van der Waals surface area contributed by atoms with E-state index < -0.39 is 22.0 Å². The molecule has 24 heavy (non-hydrogen) atoms. The molecule has 1 aromatic heterocycles.